The number of halogens is 2. The van der Waals surface area contributed by atoms with Gasteiger partial charge in [0.2, 0.25) is 11.8 Å². The van der Waals surface area contributed by atoms with Gasteiger partial charge in [-0.15, -0.1) is 0 Å². The van der Waals surface area contributed by atoms with Gasteiger partial charge >= 0.3 is 0 Å². The molecule has 9 heteroatoms. The van der Waals surface area contributed by atoms with E-state index in [0.717, 1.165) is 43.0 Å². The van der Waals surface area contributed by atoms with Crippen LogP contribution in [0.4, 0.5) is 14.5 Å². The van der Waals surface area contributed by atoms with E-state index in [1.54, 1.807) is 6.07 Å². The van der Waals surface area contributed by atoms with Crippen LogP contribution in [-0.2, 0) is 20.9 Å². The smallest absolute Gasteiger partial charge is 0.227 e. The number of hydrogen-bond acceptors (Lipinski definition) is 5. The molecule has 0 unspecified atom stereocenters. The monoisotopic (exact) mass is 486 g/mol. The Morgan fingerprint density at radius 1 is 1.11 bits per heavy atom. The van der Waals surface area contributed by atoms with Crippen molar-refractivity contribution >= 4 is 17.5 Å². The van der Waals surface area contributed by atoms with E-state index in [9.17, 15) is 23.5 Å². The number of carbonyl (C=O) groups excluding carboxylic acids is 2. The van der Waals surface area contributed by atoms with Crippen molar-refractivity contribution in [3.8, 4) is 5.75 Å². The van der Waals surface area contributed by atoms with E-state index in [0.29, 0.717) is 17.9 Å². The zero-order valence-electron chi connectivity index (χ0n) is 19.1. The molecule has 5 rings (SSSR count). The summed E-state index contributed by atoms with van der Waals surface area (Å²) in [4.78, 5) is 24.9. The van der Waals surface area contributed by atoms with E-state index in [1.165, 1.54) is 0 Å². The van der Waals surface area contributed by atoms with Gasteiger partial charge < -0.3 is 25.2 Å². The fourth-order valence-electron chi connectivity index (χ4n) is 5.03. The lowest BCUT2D eigenvalue weighted by atomic mass is 9.83. The second-order valence-corrected chi connectivity index (χ2v) is 9.49. The number of nitrogens with one attached hydrogen (secondary N) is 2. The number of carbonyl (C=O) groups is 2. The van der Waals surface area contributed by atoms with Crippen LogP contribution in [0.25, 0.3) is 0 Å². The third kappa shape index (κ3) is 5.01. The molecule has 3 aliphatic rings. The van der Waals surface area contributed by atoms with Crippen LogP contribution in [0.2, 0.25) is 0 Å². The number of hydrogen-bond donors (Lipinski definition) is 3. The van der Waals surface area contributed by atoms with E-state index >= 15 is 0 Å². The highest BCUT2D eigenvalue weighted by Gasteiger charge is 2.46. The van der Waals surface area contributed by atoms with Crippen LogP contribution in [0.1, 0.15) is 49.1 Å². The second kappa shape index (κ2) is 9.91. The molecule has 186 valence electrons. The highest BCUT2D eigenvalue weighted by molar-refractivity contribution is 5.93. The molecule has 7 nitrogen and oxygen atoms in total. The summed E-state index contributed by atoms with van der Waals surface area (Å²) < 4.78 is 39.2. The Bertz CT molecular complexity index is 1120. The molecule has 2 aromatic carbocycles. The maximum absolute atomic E-state index is 13.8. The maximum Gasteiger partial charge on any atom is 0.227 e. The molecular weight excluding hydrogens is 458 g/mol. The summed E-state index contributed by atoms with van der Waals surface area (Å²) in [5.41, 5.74) is 1.67. The Morgan fingerprint density at radius 2 is 1.94 bits per heavy atom. The minimum atomic E-state index is -0.618. The Balaban J connectivity index is 1.24. The first-order valence-electron chi connectivity index (χ1n) is 12.0. The predicted molar refractivity (Wildman–Crippen MR) is 123 cm³/mol. The van der Waals surface area contributed by atoms with Gasteiger partial charge in [0.05, 0.1) is 19.1 Å². The maximum atomic E-state index is 13.8. The van der Waals surface area contributed by atoms with Crippen molar-refractivity contribution in [3.63, 3.8) is 0 Å². The molecule has 4 atom stereocenters. The van der Waals surface area contributed by atoms with Crippen molar-refractivity contribution in [3.05, 3.63) is 59.2 Å². The first-order chi connectivity index (χ1) is 16.9. The van der Waals surface area contributed by atoms with Crippen LogP contribution in [0.3, 0.4) is 0 Å². The lowest BCUT2D eigenvalue weighted by molar-refractivity contribution is -0.142. The average Bonchev–Trinajstić information content (AvgIpc) is 3.16. The van der Waals surface area contributed by atoms with Gasteiger partial charge in [-0.1, -0.05) is 6.42 Å². The fraction of sp³-hybridized carbons (Fsp3) is 0.462. The molecule has 3 N–H and O–H groups in total. The third-order valence-corrected chi connectivity index (χ3v) is 7.14. The number of anilines is 1. The molecule has 2 heterocycles. The van der Waals surface area contributed by atoms with Crippen LogP contribution >= 0.6 is 0 Å². The summed E-state index contributed by atoms with van der Waals surface area (Å²) in [5, 5.41) is 15.5. The van der Waals surface area contributed by atoms with E-state index in [1.807, 2.05) is 12.1 Å². The van der Waals surface area contributed by atoms with E-state index in [2.05, 4.69) is 10.6 Å². The summed E-state index contributed by atoms with van der Waals surface area (Å²) in [5.74, 6) is -0.885. The minimum absolute atomic E-state index is 0.00406. The summed E-state index contributed by atoms with van der Waals surface area (Å²) in [7, 11) is 0. The van der Waals surface area contributed by atoms with Crippen molar-refractivity contribution in [2.24, 2.45) is 5.92 Å². The van der Waals surface area contributed by atoms with Gasteiger partial charge in [0.25, 0.3) is 0 Å². The predicted octanol–water partition coefficient (Wildman–Crippen LogP) is 3.40. The van der Waals surface area contributed by atoms with Gasteiger partial charge in [-0.2, -0.15) is 0 Å². The standard InChI is InChI=1S/C26H28F2N2O5/c27-16-4-6-21(28)15(8-16)12-29-24(32)11-18-10-20-19-9-17(30-26(33)14-2-1-3-14)5-7-22(19)35-25(20)23(13-31)34-18/h4-9,14,18,20,23,25,31H,1-3,10-13H2,(H,29,32)(H,30,33)/t18-,20-,23+,25+/m0/s1. The van der Waals surface area contributed by atoms with Crippen LogP contribution in [0.5, 0.6) is 5.75 Å². The SMILES string of the molecule is O=C(C[C@@H]1C[C@H]2c3cc(NC(=O)C4CCC4)ccc3O[C@H]2[C@@H](CO)O1)NCc1cc(F)ccc1F. The molecule has 2 amide bonds. The zero-order valence-corrected chi connectivity index (χ0v) is 19.1. The molecule has 0 spiro atoms. The molecule has 2 aliphatic heterocycles. The van der Waals surface area contributed by atoms with Crippen molar-refractivity contribution in [2.45, 2.75) is 62.9 Å². The Labute approximate surface area is 201 Å². The van der Waals surface area contributed by atoms with Crippen LogP contribution in [0, 0.1) is 17.6 Å². The molecule has 0 radical (unpaired) electrons. The Hall–Kier alpha value is -3.04. The highest BCUT2D eigenvalue weighted by atomic mass is 19.1. The number of aliphatic hydroxyl groups excluding tert-OH is 1. The van der Waals surface area contributed by atoms with Gasteiger partial charge in [0.15, 0.2) is 0 Å². The van der Waals surface area contributed by atoms with E-state index < -0.39 is 29.9 Å². The average molecular weight is 487 g/mol. The lowest BCUT2D eigenvalue weighted by Gasteiger charge is -2.37. The van der Waals surface area contributed by atoms with Crippen LogP contribution < -0.4 is 15.4 Å². The zero-order chi connectivity index (χ0) is 24.5. The molecule has 0 bridgehead atoms. The quantitative estimate of drug-likeness (QED) is 0.558. The first-order valence-corrected chi connectivity index (χ1v) is 12.0. The van der Waals surface area contributed by atoms with E-state index in [4.69, 9.17) is 9.47 Å². The van der Waals surface area contributed by atoms with Gasteiger partial charge in [0, 0.05) is 35.2 Å². The van der Waals surface area contributed by atoms with Gasteiger partial charge in [0.1, 0.15) is 29.6 Å². The number of ether oxygens (including phenoxy) is 2. The summed E-state index contributed by atoms with van der Waals surface area (Å²) in [6, 6.07) is 8.61. The summed E-state index contributed by atoms with van der Waals surface area (Å²) >= 11 is 0. The van der Waals surface area contributed by atoms with Crippen LogP contribution in [0.15, 0.2) is 36.4 Å². The molecular formula is C26H28F2N2O5. The van der Waals surface area contributed by atoms with Gasteiger partial charge in [-0.05, 0) is 55.7 Å². The molecule has 35 heavy (non-hydrogen) atoms. The lowest BCUT2D eigenvalue weighted by Crippen LogP contribution is -2.47. The molecule has 1 saturated heterocycles. The van der Waals surface area contributed by atoms with Gasteiger partial charge in [-0.25, -0.2) is 8.78 Å². The Morgan fingerprint density at radius 3 is 2.69 bits per heavy atom. The molecule has 1 aliphatic carbocycles. The van der Waals surface area contributed by atoms with E-state index in [-0.39, 0.29) is 48.8 Å². The van der Waals surface area contributed by atoms with Crippen molar-refractivity contribution in [1.29, 1.82) is 0 Å². The summed E-state index contributed by atoms with van der Waals surface area (Å²) in [6.07, 6.45) is 1.88. The fourth-order valence-corrected chi connectivity index (χ4v) is 5.03. The third-order valence-electron chi connectivity index (χ3n) is 7.14. The van der Waals surface area contributed by atoms with Crippen molar-refractivity contribution < 1.29 is 33.0 Å². The molecule has 2 aromatic rings. The van der Waals surface area contributed by atoms with Crippen molar-refractivity contribution in [1.82, 2.24) is 5.32 Å². The number of aliphatic hydroxyl groups is 1. The molecule has 2 fully saturated rings. The number of benzene rings is 2. The van der Waals surface area contributed by atoms with Crippen molar-refractivity contribution in [2.75, 3.05) is 11.9 Å². The molecule has 0 aromatic heterocycles. The largest absolute Gasteiger partial charge is 0.487 e. The summed E-state index contributed by atoms with van der Waals surface area (Å²) in [6.45, 7) is -0.409. The second-order valence-electron chi connectivity index (χ2n) is 9.49. The number of amides is 2. The minimum Gasteiger partial charge on any atom is -0.487 e. The van der Waals surface area contributed by atoms with Gasteiger partial charge in [-0.3, -0.25) is 9.59 Å². The normalized spacial score (nSPS) is 25.1. The highest BCUT2D eigenvalue weighted by Crippen LogP contribution is 2.47. The number of fused-ring (bicyclic) bond motifs is 3. The molecule has 1 saturated carbocycles. The Kier molecular flexibility index (Phi) is 6.71. The number of rotatable bonds is 7. The topological polar surface area (TPSA) is 96.9 Å². The van der Waals surface area contributed by atoms with Crippen LogP contribution in [-0.4, -0.2) is 41.8 Å². The first kappa shape index (κ1) is 23.7.